The number of amides is 5. The van der Waals surface area contributed by atoms with Gasteiger partial charge in [0, 0.05) is 44.0 Å². The Morgan fingerprint density at radius 2 is 1.76 bits per heavy atom. The van der Waals surface area contributed by atoms with Gasteiger partial charge in [0.15, 0.2) is 0 Å². The molecule has 38 heavy (non-hydrogen) atoms. The molecule has 0 spiro atoms. The Bertz CT molecular complexity index is 1320. The average Bonchev–Trinajstić information content (AvgIpc) is 3.25. The summed E-state index contributed by atoms with van der Waals surface area (Å²) >= 11 is 1.17. The van der Waals surface area contributed by atoms with Crippen LogP contribution in [-0.2, 0) is 27.8 Å². The Labute approximate surface area is 226 Å². The molecule has 206 valence electrons. The monoisotopic (exact) mass is 563 g/mol. The number of carbonyl (C=O) groups is 4. The molecular weight excluding hydrogens is 530 g/mol. The van der Waals surface area contributed by atoms with Crippen LogP contribution in [0.1, 0.15) is 64.8 Å². The molecule has 1 aliphatic heterocycles. The fraction of sp³-hybridized carbons (Fsp3) is 0.440. The largest absolute Gasteiger partial charge is 0.341 e. The molecule has 0 bridgehead atoms. The van der Waals surface area contributed by atoms with E-state index in [-0.39, 0.29) is 26.9 Å². The lowest BCUT2D eigenvalue weighted by molar-refractivity contribution is -0.129. The third-order valence-corrected chi connectivity index (χ3v) is 9.40. The molecule has 3 N–H and O–H groups in total. The van der Waals surface area contributed by atoms with Crippen molar-refractivity contribution >= 4 is 50.1 Å². The Balaban J connectivity index is 1.88. The zero-order valence-corrected chi connectivity index (χ0v) is 23.6. The van der Waals surface area contributed by atoms with E-state index in [9.17, 15) is 27.6 Å². The lowest BCUT2D eigenvalue weighted by Gasteiger charge is -2.26. The first kappa shape index (κ1) is 29.3. The van der Waals surface area contributed by atoms with E-state index in [2.05, 4.69) is 16.0 Å². The first-order valence-corrected chi connectivity index (χ1v) is 14.6. The molecule has 0 fully saturated rings. The highest BCUT2D eigenvalue weighted by molar-refractivity contribution is 7.89. The van der Waals surface area contributed by atoms with E-state index in [1.807, 2.05) is 6.92 Å². The quantitative estimate of drug-likeness (QED) is 0.428. The third-order valence-electron chi connectivity index (χ3n) is 6.28. The number of nitrogens with zero attached hydrogens (tertiary/aromatic N) is 2. The first-order valence-electron chi connectivity index (χ1n) is 12.4. The summed E-state index contributed by atoms with van der Waals surface area (Å²) in [7, 11) is -2.31. The molecule has 11 nitrogen and oxygen atoms in total. The Hall–Kier alpha value is -3.29. The fourth-order valence-corrected chi connectivity index (χ4v) is 6.86. The lowest BCUT2D eigenvalue weighted by Crippen LogP contribution is -2.39. The highest BCUT2D eigenvalue weighted by Gasteiger charge is 2.30. The number of thiophene rings is 1. The van der Waals surface area contributed by atoms with Crippen LogP contribution in [0.3, 0.4) is 0 Å². The maximum atomic E-state index is 13.1. The van der Waals surface area contributed by atoms with Crippen molar-refractivity contribution in [2.24, 2.45) is 0 Å². The maximum absolute atomic E-state index is 13.1. The number of hydrogen-bond acceptors (Lipinski definition) is 7. The summed E-state index contributed by atoms with van der Waals surface area (Å²) in [6.45, 7) is 6.71. The van der Waals surface area contributed by atoms with E-state index >= 15 is 0 Å². The molecule has 13 heteroatoms. The minimum Gasteiger partial charge on any atom is -0.341 e. The Kier molecular flexibility index (Phi) is 9.63. The molecule has 0 aliphatic carbocycles. The predicted molar refractivity (Wildman–Crippen MR) is 145 cm³/mol. The molecule has 1 aromatic heterocycles. The van der Waals surface area contributed by atoms with Gasteiger partial charge in [-0.05, 0) is 42.7 Å². The van der Waals surface area contributed by atoms with Gasteiger partial charge in [0.1, 0.15) is 5.00 Å². The summed E-state index contributed by atoms with van der Waals surface area (Å²) in [6.07, 6.45) is 2.02. The zero-order chi connectivity index (χ0) is 28.0. The number of unbranched alkanes of at least 4 members (excludes halogenated alkanes) is 1. The van der Waals surface area contributed by atoms with E-state index < -0.39 is 27.9 Å². The van der Waals surface area contributed by atoms with Crippen molar-refractivity contribution < 1.29 is 27.6 Å². The van der Waals surface area contributed by atoms with Crippen LogP contribution in [0, 0.1) is 0 Å². The number of imide groups is 1. The maximum Gasteiger partial charge on any atom is 0.321 e. The number of nitrogens with one attached hydrogen (secondary N) is 3. The van der Waals surface area contributed by atoms with Crippen molar-refractivity contribution in [3.63, 3.8) is 0 Å². The summed E-state index contributed by atoms with van der Waals surface area (Å²) in [5.74, 6) is -1.30. The molecule has 0 saturated carbocycles. The van der Waals surface area contributed by atoms with Crippen LogP contribution in [0.5, 0.6) is 0 Å². The SMILES string of the molecule is CCCCN(CC)S(=O)(=O)c1ccc(C(=O)Nc2sc3c(c2C(=O)NC(=O)NC)CCN(C(C)=O)C3)cc1. The highest BCUT2D eigenvalue weighted by atomic mass is 32.2. The molecule has 0 radical (unpaired) electrons. The van der Waals surface area contributed by atoms with E-state index in [0.717, 1.165) is 17.7 Å². The molecule has 2 heterocycles. The van der Waals surface area contributed by atoms with Gasteiger partial charge in [0.25, 0.3) is 11.8 Å². The third kappa shape index (κ3) is 6.40. The molecule has 1 aromatic carbocycles. The van der Waals surface area contributed by atoms with Crippen molar-refractivity contribution in [3.8, 4) is 0 Å². The second-order valence-corrected chi connectivity index (χ2v) is 11.8. The number of sulfonamides is 1. The van der Waals surface area contributed by atoms with Gasteiger partial charge in [-0.15, -0.1) is 11.3 Å². The Morgan fingerprint density at radius 3 is 2.34 bits per heavy atom. The van der Waals surface area contributed by atoms with Gasteiger partial charge in [-0.1, -0.05) is 20.3 Å². The smallest absolute Gasteiger partial charge is 0.321 e. The molecule has 5 amide bonds. The van der Waals surface area contributed by atoms with Crippen molar-refractivity contribution in [2.45, 2.75) is 51.5 Å². The minimum atomic E-state index is -3.69. The minimum absolute atomic E-state index is 0.0913. The number of benzene rings is 1. The van der Waals surface area contributed by atoms with Crippen LogP contribution in [0.25, 0.3) is 0 Å². The summed E-state index contributed by atoms with van der Waals surface area (Å²) in [5, 5.41) is 7.56. The van der Waals surface area contributed by atoms with E-state index in [4.69, 9.17) is 0 Å². The van der Waals surface area contributed by atoms with Gasteiger partial charge in [0.2, 0.25) is 15.9 Å². The van der Waals surface area contributed by atoms with Gasteiger partial charge in [-0.3, -0.25) is 19.7 Å². The summed E-state index contributed by atoms with van der Waals surface area (Å²) < 4.78 is 27.4. The number of fused-ring (bicyclic) bond motifs is 1. The molecule has 3 rings (SSSR count). The van der Waals surface area contributed by atoms with Gasteiger partial charge in [-0.2, -0.15) is 4.31 Å². The zero-order valence-electron chi connectivity index (χ0n) is 21.9. The van der Waals surface area contributed by atoms with Crippen LogP contribution < -0.4 is 16.0 Å². The molecule has 1 aliphatic rings. The van der Waals surface area contributed by atoms with Crippen LogP contribution >= 0.6 is 11.3 Å². The predicted octanol–water partition coefficient (Wildman–Crippen LogP) is 2.78. The summed E-state index contributed by atoms with van der Waals surface area (Å²) in [5.41, 5.74) is 1.06. The topological polar surface area (TPSA) is 145 Å². The lowest BCUT2D eigenvalue weighted by atomic mass is 10.0. The van der Waals surface area contributed by atoms with E-state index in [1.165, 1.54) is 53.9 Å². The first-order chi connectivity index (χ1) is 18.0. The van der Waals surface area contributed by atoms with Crippen LogP contribution in [0.2, 0.25) is 0 Å². The molecule has 0 unspecified atom stereocenters. The number of urea groups is 1. The molecule has 2 aromatic rings. The number of rotatable bonds is 9. The second kappa shape index (κ2) is 12.5. The van der Waals surface area contributed by atoms with Crippen molar-refractivity contribution in [1.29, 1.82) is 0 Å². The number of hydrogen-bond donors (Lipinski definition) is 3. The standard InChI is InChI=1S/C25H33N5O6S2/c1-5-7-13-30(6-2)38(35,36)18-10-8-17(9-11-18)22(32)27-24-21(23(33)28-25(34)26-4)19-12-14-29(16(3)31)15-20(19)37-24/h8-11H,5-7,12-15H2,1-4H3,(H,27,32)(H2,26,28,33,34). The van der Waals surface area contributed by atoms with Crippen molar-refractivity contribution in [1.82, 2.24) is 19.8 Å². The van der Waals surface area contributed by atoms with Crippen LogP contribution in [0.4, 0.5) is 9.80 Å². The van der Waals surface area contributed by atoms with Crippen LogP contribution in [-0.4, -0.2) is 68.1 Å². The normalized spacial score (nSPS) is 13.1. The van der Waals surface area contributed by atoms with Gasteiger partial charge in [-0.25, -0.2) is 13.2 Å². The van der Waals surface area contributed by atoms with E-state index in [1.54, 1.807) is 11.8 Å². The highest BCUT2D eigenvalue weighted by Crippen LogP contribution is 2.37. The second-order valence-electron chi connectivity index (χ2n) is 8.76. The summed E-state index contributed by atoms with van der Waals surface area (Å²) in [6, 6.07) is 4.94. The summed E-state index contributed by atoms with van der Waals surface area (Å²) in [4.78, 5) is 52.2. The number of anilines is 1. The van der Waals surface area contributed by atoms with Crippen molar-refractivity contribution in [3.05, 3.63) is 45.8 Å². The van der Waals surface area contributed by atoms with Gasteiger partial charge < -0.3 is 15.5 Å². The van der Waals surface area contributed by atoms with Crippen molar-refractivity contribution in [2.75, 3.05) is 32.0 Å². The van der Waals surface area contributed by atoms with Crippen LogP contribution in [0.15, 0.2) is 29.2 Å². The van der Waals surface area contributed by atoms with Gasteiger partial charge >= 0.3 is 6.03 Å². The fourth-order valence-electron chi connectivity index (χ4n) is 4.11. The number of carbonyl (C=O) groups excluding carboxylic acids is 4. The molecular formula is C25H33N5O6S2. The molecule has 0 saturated heterocycles. The average molecular weight is 564 g/mol. The van der Waals surface area contributed by atoms with Gasteiger partial charge in [0.05, 0.1) is 17.0 Å². The molecule has 0 atom stereocenters. The van der Waals surface area contributed by atoms with E-state index in [0.29, 0.717) is 38.2 Å². The Morgan fingerprint density at radius 1 is 1.08 bits per heavy atom.